The molecule has 1 heterocycles. The summed E-state index contributed by atoms with van der Waals surface area (Å²) in [6, 6.07) is 13.3. The molecule has 0 aliphatic heterocycles. The molecule has 0 radical (unpaired) electrons. The van der Waals surface area contributed by atoms with Crippen molar-refractivity contribution in [3.63, 3.8) is 0 Å². The fraction of sp³-hybridized carbons (Fsp3) is 0. The van der Waals surface area contributed by atoms with Crippen LogP contribution in [0, 0.1) is 0 Å². The predicted molar refractivity (Wildman–Crippen MR) is 85.2 cm³/mol. The van der Waals surface area contributed by atoms with Crippen LogP contribution >= 0.6 is 0 Å². The number of hydrogen-bond acceptors (Lipinski definition) is 4. The fourth-order valence-electron chi connectivity index (χ4n) is 2.06. The van der Waals surface area contributed by atoms with Crippen molar-refractivity contribution in [3.05, 3.63) is 67.3 Å². The highest BCUT2D eigenvalue weighted by atomic mass is 32.2. The molecule has 3 aromatic rings. The maximum Gasteiger partial charge on any atom is 0.261 e. The van der Waals surface area contributed by atoms with E-state index in [0.29, 0.717) is 17.1 Å². The molecule has 0 aliphatic rings. The summed E-state index contributed by atoms with van der Waals surface area (Å²) in [5.74, 6) is 0. The monoisotopic (exact) mass is 314 g/mol. The number of nitrogen functional groups attached to an aromatic ring is 1. The number of imidazole rings is 1. The maximum absolute atomic E-state index is 12.4. The average Bonchev–Trinajstić information content (AvgIpc) is 3.01. The Morgan fingerprint density at radius 3 is 2.50 bits per heavy atom. The minimum atomic E-state index is -3.68. The molecule has 6 nitrogen and oxygen atoms in total. The second-order valence-electron chi connectivity index (χ2n) is 4.66. The van der Waals surface area contributed by atoms with Crippen LogP contribution in [0.4, 0.5) is 11.4 Å². The van der Waals surface area contributed by atoms with E-state index in [1.807, 2.05) is 6.07 Å². The van der Waals surface area contributed by atoms with Crippen LogP contribution in [0.5, 0.6) is 0 Å². The predicted octanol–water partition coefficient (Wildman–Crippen LogP) is 2.26. The van der Waals surface area contributed by atoms with Crippen LogP contribution in [0.2, 0.25) is 0 Å². The second kappa shape index (κ2) is 5.53. The number of nitrogens with one attached hydrogen (secondary N) is 1. The number of anilines is 2. The molecule has 0 amide bonds. The standard InChI is InChI=1S/C15H14N4O2S/c16-14-10-13(6-7-15(14)19-9-8-17-11-19)22(20,21)18-12-4-2-1-3-5-12/h1-11,18H,16H2. The number of benzene rings is 2. The molecule has 0 aliphatic carbocycles. The van der Waals surface area contributed by atoms with Gasteiger partial charge in [-0.3, -0.25) is 4.72 Å². The van der Waals surface area contributed by atoms with E-state index in [9.17, 15) is 8.42 Å². The summed E-state index contributed by atoms with van der Waals surface area (Å²) in [7, 11) is -3.68. The fourth-order valence-corrected chi connectivity index (χ4v) is 3.15. The molecule has 0 fully saturated rings. The topological polar surface area (TPSA) is 90.0 Å². The maximum atomic E-state index is 12.4. The van der Waals surface area contributed by atoms with Gasteiger partial charge >= 0.3 is 0 Å². The summed E-state index contributed by atoms with van der Waals surface area (Å²) < 4.78 is 29.0. The Morgan fingerprint density at radius 1 is 1.09 bits per heavy atom. The van der Waals surface area contributed by atoms with Gasteiger partial charge in [-0.25, -0.2) is 13.4 Å². The molecular weight excluding hydrogens is 300 g/mol. The van der Waals surface area contributed by atoms with Gasteiger partial charge in [-0.05, 0) is 30.3 Å². The Balaban J connectivity index is 1.93. The molecule has 0 atom stereocenters. The highest BCUT2D eigenvalue weighted by Gasteiger charge is 2.16. The third-order valence-corrected chi connectivity index (χ3v) is 4.50. The second-order valence-corrected chi connectivity index (χ2v) is 6.34. The minimum Gasteiger partial charge on any atom is -0.397 e. The van der Waals surface area contributed by atoms with Crippen molar-refractivity contribution >= 4 is 21.4 Å². The van der Waals surface area contributed by atoms with Crippen LogP contribution in [0.1, 0.15) is 0 Å². The summed E-state index contributed by atoms with van der Waals surface area (Å²) in [6.07, 6.45) is 4.96. The zero-order chi connectivity index (χ0) is 15.6. The highest BCUT2D eigenvalue weighted by Crippen LogP contribution is 2.23. The lowest BCUT2D eigenvalue weighted by Gasteiger charge is -2.11. The van der Waals surface area contributed by atoms with Crippen LogP contribution in [0.25, 0.3) is 5.69 Å². The molecule has 0 spiro atoms. The Labute approximate surface area is 128 Å². The molecule has 112 valence electrons. The molecule has 1 aromatic heterocycles. The number of nitrogens with zero attached hydrogens (tertiary/aromatic N) is 2. The number of rotatable bonds is 4. The zero-order valence-electron chi connectivity index (χ0n) is 11.5. The largest absolute Gasteiger partial charge is 0.397 e. The lowest BCUT2D eigenvalue weighted by molar-refractivity contribution is 0.601. The van der Waals surface area contributed by atoms with Gasteiger partial charge in [0.15, 0.2) is 0 Å². The van der Waals surface area contributed by atoms with Crippen LogP contribution in [-0.4, -0.2) is 18.0 Å². The van der Waals surface area contributed by atoms with Gasteiger partial charge in [0.1, 0.15) is 0 Å². The third kappa shape index (κ3) is 2.79. The molecule has 0 saturated heterocycles. The van der Waals surface area contributed by atoms with Crippen LogP contribution in [-0.2, 0) is 10.0 Å². The first-order chi connectivity index (χ1) is 10.6. The summed E-state index contributed by atoms with van der Waals surface area (Å²) in [6.45, 7) is 0. The van der Waals surface area contributed by atoms with Crippen molar-refractivity contribution in [3.8, 4) is 5.69 Å². The van der Waals surface area contributed by atoms with Gasteiger partial charge in [-0.2, -0.15) is 0 Å². The number of hydrogen-bond donors (Lipinski definition) is 2. The first kappa shape index (κ1) is 14.2. The summed E-state index contributed by atoms with van der Waals surface area (Å²) in [5.41, 5.74) is 7.49. The van der Waals surface area contributed by atoms with Gasteiger partial charge in [0, 0.05) is 18.1 Å². The van der Waals surface area contributed by atoms with Crippen molar-refractivity contribution < 1.29 is 8.42 Å². The van der Waals surface area contributed by atoms with E-state index in [1.165, 1.54) is 12.1 Å². The zero-order valence-corrected chi connectivity index (χ0v) is 12.4. The van der Waals surface area contributed by atoms with Gasteiger partial charge in [0.05, 0.1) is 22.6 Å². The van der Waals surface area contributed by atoms with E-state index in [-0.39, 0.29) is 4.90 Å². The molecule has 0 unspecified atom stereocenters. The van der Waals surface area contributed by atoms with E-state index in [0.717, 1.165) is 0 Å². The first-order valence-electron chi connectivity index (χ1n) is 6.52. The molecule has 2 aromatic carbocycles. The number of aromatic nitrogens is 2. The number of nitrogens with two attached hydrogens (primary N) is 1. The minimum absolute atomic E-state index is 0.109. The smallest absolute Gasteiger partial charge is 0.261 e. The van der Waals surface area contributed by atoms with Crippen molar-refractivity contribution in [2.45, 2.75) is 4.90 Å². The van der Waals surface area contributed by atoms with Gasteiger partial charge in [-0.15, -0.1) is 0 Å². The molecule has 22 heavy (non-hydrogen) atoms. The van der Waals surface area contributed by atoms with E-state index in [1.54, 1.807) is 53.6 Å². The first-order valence-corrected chi connectivity index (χ1v) is 8.00. The molecule has 0 saturated carbocycles. The third-order valence-electron chi connectivity index (χ3n) is 3.12. The summed E-state index contributed by atoms with van der Waals surface area (Å²) in [4.78, 5) is 4.05. The Hall–Kier alpha value is -2.80. The lowest BCUT2D eigenvalue weighted by Crippen LogP contribution is -2.13. The quantitative estimate of drug-likeness (QED) is 0.723. The van der Waals surface area contributed by atoms with Gasteiger partial charge in [0.25, 0.3) is 10.0 Å². The molecule has 0 bridgehead atoms. The Morgan fingerprint density at radius 2 is 1.86 bits per heavy atom. The number of sulfonamides is 1. The van der Waals surface area contributed by atoms with E-state index >= 15 is 0 Å². The SMILES string of the molecule is Nc1cc(S(=O)(=O)Nc2ccccc2)ccc1-n1ccnc1. The Bertz CT molecular complexity index is 875. The van der Waals surface area contributed by atoms with E-state index in [4.69, 9.17) is 5.73 Å². The van der Waals surface area contributed by atoms with Gasteiger partial charge < -0.3 is 10.3 Å². The highest BCUT2D eigenvalue weighted by molar-refractivity contribution is 7.92. The molecule has 3 N–H and O–H groups in total. The normalized spacial score (nSPS) is 11.3. The molecule has 7 heteroatoms. The van der Waals surface area contributed by atoms with Crippen molar-refractivity contribution in [1.82, 2.24) is 9.55 Å². The van der Waals surface area contributed by atoms with Crippen molar-refractivity contribution in [2.24, 2.45) is 0 Å². The van der Waals surface area contributed by atoms with Gasteiger partial charge in [0.2, 0.25) is 0 Å². The van der Waals surface area contributed by atoms with Gasteiger partial charge in [-0.1, -0.05) is 18.2 Å². The van der Waals surface area contributed by atoms with Crippen LogP contribution in [0.15, 0.2) is 72.1 Å². The summed E-state index contributed by atoms with van der Waals surface area (Å²) >= 11 is 0. The van der Waals surface area contributed by atoms with Crippen LogP contribution in [0.3, 0.4) is 0 Å². The van der Waals surface area contributed by atoms with Crippen LogP contribution < -0.4 is 10.5 Å². The van der Waals surface area contributed by atoms with Crippen molar-refractivity contribution in [2.75, 3.05) is 10.5 Å². The molecular formula is C15H14N4O2S. The molecule has 3 rings (SSSR count). The number of para-hydroxylation sites is 1. The lowest BCUT2D eigenvalue weighted by atomic mass is 10.2. The van der Waals surface area contributed by atoms with E-state index in [2.05, 4.69) is 9.71 Å². The van der Waals surface area contributed by atoms with E-state index < -0.39 is 10.0 Å². The van der Waals surface area contributed by atoms with Crippen molar-refractivity contribution in [1.29, 1.82) is 0 Å². The summed E-state index contributed by atoms with van der Waals surface area (Å²) in [5, 5.41) is 0. The average molecular weight is 314 g/mol. The Kier molecular flexibility index (Phi) is 3.56.